The number of hydrogen-bond donors (Lipinski definition) is 0. The van der Waals surface area contributed by atoms with Gasteiger partial charge in [0, 0.05) is 0 Å². The Morgan fingerprint density at radius 1 is 1.30 bits per heavy atom. The van der Waals surface area contributed by atoms with Crippen molar-refractivity contribution in [3.63, 3.8) is 0 Å². The van der Waals surface area contributed by atoms with E-state index in [4.69, 9.17) is 0 Å². The van der Waals surface area contributed by atoms with Crippen molar-refractivity contribution in [2.24, 2.45) is 5.92 Å². The highest BCUT2D eigenvalue weighted by molar-refractivity contribution is 4.84. The Kier molecular flexibility index (Phi) is 5.57. The first-order valence-electron chi connectivity index (χ1n) is 4.48. The first-order valence-corrected chi connectivity index (χ1v) is 4.48. The molecule has 0 aromatic heterocycles. The average Bonchev–Trinajstić information content (AvgIpc) is 1.82. The van der Waals surface area contributed by atoms with Crippen LogP contribution in [0.3, 0.4) is 0 Å². The summed E-state index contributed by atoms with van der Waals surface area (Å²) in [5.74, 6) is 2.52. The van der Waals surface area contributed by atoms with Gasteiger partial charge in [0.25, 0.3) is 0 Å². The maximum Gasteiger partial charge on any atom is 0.0919 e. The molecule has 0 N–H and O–H groups in total. The molecule has 0 aliphatic carbocycles. The van der Waals surface area contributed by atoms with Crippen LogP contribution in [0.2, 0.25) is 0 Å². The van der Waals surface area contributed by atoms with Crippen molar-refractivity contribution in [3.05, 3.63) is 5.92 Å². The largest absolute Gasteiger partial charge is 0.0919 e. The van der Waals surface area contributed by atoms with Gasteiger partial charge in [-0.1, -0.05) is 27.2 Å². The zero-order chi connectivity index (χ0) is 7.98. The molecule has 0 saturated heterocycles. The van der Waals surface area contributed by atoms with Crippen molar-refractivity contribution < 1.29 is 0 Å². The molecule has 60 valence electrons. The highest BCUT2D eigenvalue weighted by Gasteiger charge is 2.13. The SMILES string of the molecule is CCCC[C+](C)CC(C)C. The van der Waals surface area contributed by atoms with Gasteiger partial charge in [-0.05, 0) is 12.3 Å². The Labute approximate surface area is 66.0 Å². The van der Waals surface area contributed by atoms with Crippen molar-refractivity contribution in [2.75, 3.05) is 0 Å². The normalized spacial score (nSPS) is 10.5. The second-order valence-electron chi connectivity index (χ2n) is 3.66. The monoisotopic (exact) mass is 141 g/mol. The third-order valence-electron chi connectivity index (χ3n) is 1.71. The molecule has 0 amide bonds. The second kappa shape index (κ2) is 5.64. The summed E-state index contributed by atoms with van der Waals surface area (Å²) in [5, 5.41) is 0. The van der Waals surface area contributed by atoms with E-state index in [1.807, 2.05) is 0 Å². The molecule has 0 spiro atoms. The summed E-state index contributed by atoms with van der Waals surface area (Å²) in [6, 6.07) is 0. The Balaban J connectivity index is 3.16. The van der Waals surface area contributed by atoms with E-state index in [2.05, 4.69) is 27.7 Å². The molecule has 0 aliphatic heterocycles. The highest BCUT2D eigenvalue weighted by atomic mass is 14.1. The summed E-state index contributed by atoms with van der Waals surface area (Å²) < 4.78 is 0. The zero-order valence-corrected chi connectivity index (χ0v) is 7.91. The fourth-order valence-electron chi connectivity index (χ4n) is 1.28. The minimum atomic E-state index is 0.844. The Morgan fingerprint density at radius 3 is 2.30 bits per heavy atom. The molecule has 0 radical (unpaired) electrons. The molecule has 0 aliphatic rings. The number of rotatable bonds is 5. The molecular weight excluding hydrogens is 120 g/mol. The van der Waals surface area contributed by atoms with Crippen molar-refractivity contribution >= 4 is 0 Å². The summed E-state index contributed by atoms with van der Waals surface area (Å²) >= 11 is 0. The summed E-state index contributed by atoms with van der Waals surface area (Å²) in [6.07, 6.45) is 5.36. The Hall–Kier alpha value is -0.130. The summed E-state index contributed by atoms with van der Waals surface area (Å²) in [6.45, 7) is 9.11. The number of unbranched alkanes of at least 4 members (excludes halogenated alkanes) is 1. The zero-order valence-electron chi connectivity index (χ0n) is 7.91. The first kappa shape index (κ1) is 9.87. The van der Waals surface area contributed by atoms with Crippen LogP contribution in [-0.4, -0.2) is 0 Å². The minimum Gasteiger partial charge on any atom is -0.0652 e. The van der Waals surface area contributed by atoms with E-state index in [0.717, 1.165) is 5.92 Å². The lowest BCUT2D eigenvalue weighted by molar-refractivity contribution is 0.558. The Bertz CT molecular complexity index is 64.4. The maximum atomic E-state index is 2.29. The molecule has 0 rings (SSSR count). The van der Waals surface area contributed by atoms with Crippen molar-refractivity contribution in [1.29, 1.82) is 0 Å². The smallest absolute Gasteiger partial charge is 0.0652 e. The van der Waals surface area contributed by atoms with Gasteiger partial charge in [-0.15, -0.1) is 0 Å². The molecule has 0 atom stereocenters. The fourth-order valence-corrected chi connectivity index (χ4v) is 1.28. The van der Waals surface area contributed by atoms with Crippen LogP contribution in [0.4, 0.5) is 0 Å². The van der Waals surface area contributed by atoms with E-state index < -0.39 is 0 Å². The lowest BCUT2D eigenvalue weighted by Crippen LogP contribution is -1.97. The van der Waals surface area contributed by atoms with Crippen molar-refractivity contribution in [3.8, 4) is 0 Å². The lowest BCUT2D eigenvalue weighted by Gasteiger charge is -2.02. The lowest BCUT2D eigenvalue weighted by atomic mass is 9.94. The van der Waals surface area contributed by atoms with Crippen LogP contribution in [-0.2, 0) is 0 Å². The van der Waals surface area contributed by atoms with Gasteiger partial charge >= 0.3 is 0 Å². The van der Waals surface area contributed by atoms with E-state index in [0.29, 0.717) is 0 Å². The van der Waals surface area contributed by atoms with Crippen LogP contribution in [0.25, 0.3) is 0 Å². The molecule has 0 heteroatoms. The topological polar surface area (TPSA) is 0 Å². The molecule has 0 fully saturated rings. The van der Waals surface area contributed by atoms with Gasteiger partial charge in [-0.25, -0.2) is 0 Å². The van der Waals surface area contributed by atoms with E-state index >= 15 is 0 Å². The van der Waals surface area contributed by atoms with Crippen molar-refractivity contribution in [2.45, 2.75) is 53.4 Å². The summed E-state index contributed by atoms with van der Waals surface area (Å²) in [4.78, 5) is 0. The Morgan fingerprint density at radius 2 is 1.90 bits per heavy atom. The van der Waals surface area contributed by atoms with E-state index in [9.17, 15) is 0 Å². The molecular formula is C10H21+. The average molecular weight is 141 g/mol. The molecule has 0 unspecified atom stereocenters. The third kappa shape index (κ3) is 6.00. The van der Waals surface area contributed by atoms with Crippen LogP contribution in [0.15, 0.2) is 0 Å². The van der Waals surface area contributed by atoms with Gasteiger partial charge < -0.3 is 0 Å². The number of hydrogen-bond acceptors (Lipinski definition) is 0. The first-order chi connectivity index (χ1) is 4.66. The minimum absolute atomic E-state index is 0.844. The quantitative estimate of drug-likeness (QED) is 0.511. The molecule has 0 aromatic rings. The predicted octanol–water partition coefficient (Wildman–Crippen LogP) is 3.82. The molecule has 10 heavy (non-hydrogen) atoms. The second-order valence-corrected chi connectivity index (χ2v) is 3.66. The van der Waals surface area contributed by atoms with Crippen LogP contribution < -0.4 is 0 Å². The summed E-state index contributed by atoms with van der Waals surface area (Å²) in [7, 11) is 0. The predicted molar refractivity (Wildman–Crippen MR) is 47.9 cm³/mol. The molecule has 0 aromatic carbocycles. The van der Waals surface area contributed by atoms with Gasteiger partial charge in [0.1, 0.15) is 0 Å². The standard InChI is InChI=1S/C10H21/c1-5-6-7-10(4)8-9(2)3/h9H,5-8H2,1-4H3/q+1. The van der Waals surface area contributed by atoms with Crippen LogP contribution in [0.1, 0.15) is 53.4 Å². The van der Waals surface area contributed by atoms with Crippen LogP contribution in [0, 0.1) is 11.8 Å². The van der Waals surface area contributed by atoms with Crippen molar-refractivity contribution in [1.82, 2.24) is 0 Å². The van der Waals surface area contributed by atoms with E-state index in [-0.39, 0.29) is 0 Å². The van der Waals surface area contributed by atoms with Crippen LogP contribution in [0.5, 0.6) is 0 Å². The molecule has 0 nitrogen and oxygen atoms in total. The highest BCUT2D eigenvalue weighted by Crippen LogP contribution is 2.18. The van der Waals surface area contributed by atoms with E-state index in [1.54, 1.807) is 5.92 Å². The molecule has 0 heterocycles. The van der Waals surface area contributed by atoms with Gasteiger partial charge in [-0.3, -0.25) is 0 Å². The third-order valence-corrected chi connectivity index (χ3v) is 1.71. The fraction of sp³-hybridized carbons (Fsp3) is 0.900. The van der Waals surface area contributed by atoms with Gasteiger partial charge in [0.05, 0.1) is 25.7 Å². The molecule has 0 saturated carbocycles. The van der Waals surface area contributed by atoms with E-state index in [1.165, 1.54) is 25.7 Å². The van der Waals surface area contributed by atoms with Gasteiger partial charge in [0.2, 0.25) is 0 Å². The van der Waals surface area contributed by atoms with Gasteiger partial charge in [0.15, 0.2) is 0 Å². The maximum absolute atomic E-state index is 2.29. The van der Waals surface area contributed by atoms with Crippen LogP contribution >= 0.6 is 0 Å². The molecule has 0 bridgehead atoms. The van der Waals surface area contributed by atoms with Gasteiger partial charge in [-0.2, -0.15) is 0 Å². The summed E-state index contributed by atoms with van der Waals surface area (Å²) in [5.41, 5.74) is 0.